The molecule has 0 spiro atoms. The van der Waals surface area contributed by atoms with E-state index in [4.69, 9.17) is 9.47 Å². The molecule has 0 aliphatic heterocycles. The van der Waals surface area contributed by atoms with Crippen LogP contribution in [0.25, 0.3) is 0 Å². The van der Waals surface area contributed by atoms with Crippen molar-refractivity contribution in [2.24, 2.45) is 11.8 Å². The van der Waals surface area contributed by atoms with Crippen molar-refractivity contribution in [1.82, 2.24) is 0 Å². The Morgan fingerprint density at radius 2 is 1.52 bits per heavy atom. The zero-order chi connectivity index (χ0) is 16.9. The summed E-state index contributed by atoms with van der Waals surface area (Å²) in [6.07, 6.45) is 13.2. The Morgan fingerprint density at radius 3 is 2.09 bits per heavy atom. The number of rotatable bonds is 5. The Hall–Kier alpha value is -0.570. The van der Waals surface area contributed by atoms with Crippen LogP contribution in [0.4, 0.5) is 0 Å². The Labute approximate surface area is 142 Å². The van der Waals surface area contributed by atoms with Gasteiger partial charge in [0, 0.05) is 0 Å². The quantitative estimate of drug-likeness (QED) is 0.647. The number of hydrogen-bond donors (Lipinski definition) is 0. The van der Waals surface area contributed by atoms with E-state index < -0.39 is 11.7 Å². The van der Waals surface area contributed by atoms with Crippen molar-refractivity contribution in [1.29, 1.82) is 0 Å². The van der Waals surface area contributed by atoms with Gasteiger partial charge in [0.1, 0.15) is 5.60 Å². The van der Waals surface area contributed by atoms with Gasteiger partial charge >= 0.3 is 5.97 Å². The molecule has 2 aliphatic rings. The van der Waals surface area contributed by atoms with Crippen LogP contribution in [0.15, 0.2) is 0 Å². The molecule has 134 valence electrons. The molecule has 0 aromatic carbocycles. The van der Waals surface area contributed by atoms with Gasteiger partial charge in [-0.15, -0.1) is 0 Å². The van der Waals surface area contributed by atoms with Gasteiger partial charge in [-0.1, -0.05) is 32.1 Å². The summed E-state index contributed by atoms with van der Waals surface area (Å²) in [6.45, 7) is 7.51. The number of esters is 1. The van der Waals surface area contributed by atoms with Gasteiger partial charge in [0.25, 0.3) is 0 Å². The molecule has 3 nitrogen and oxygen atoms in total. The predicted molar refractivity (Wildman–Crippen MR) is 93.3 cm³/mol. The number of carbonyl (C=O) groups is 1. The minimum absolute atomic E-state index is 0.234. The molecule has 1 unspecified atom stereocenters. The van der Waals surface area contributed by atoms with E-state index >= 15 is 0 Å². The summed E-state index contributed by atoms with van der Waals surface area (Å²) in [5.41, 5.74) is -0.438. The molecule has 0 aromatic heterocycles. The highest BCUT2D eigenvalue weighted by molar-refractivity contribution is 5.74. The standard InChI is InChI=1S/C20H36O3/c1-15(19(21)23-20(2,3)4)22-18-12-10-17(11-13-18)14-16-8-6-5-7-9-16/h15-18H,5-14H2,1-4H3. The van der Waals surface area contributed by atoms with Crippen molar-refractivity contribution >= 4 is 5.97 Å². The van der Waals surface area contributed by atoms with Crippen LogP contribution in [0.3, 0.4) is 0 Å². The fourth-order valence-corrected chi connectivity index (χ4v) is 4.13. The Kier molecular flexibility index (Phi) is 6.94. The third kappa shape index (κ3) is 6.82. The summed E-state index contributed by atoms with van der Waals surface area (Å²) in [7, 11) is 0. The third-order valence-corrected chi connectivity index (χ3v) is 5.32. The summed E-state index contributed by atoms with van der Waals surface area (Å²) in [6, 6.07) is 0. The highest BCUT2D eigenvalue weighted by Gasteiger charge is 2.29. The van der Waals surface area contributed by atoms with E-state index in [2.05, 4.69) is 0 Å². The molecule has 3 heteroatoms. The lowest BCUT2D eigenvalue weighted by atomic mass is 9.77. The summed E-state index contributed by atoms with van der Waals surface area (Å²) >= 11 is 0. The van der Waals surface area contributed by atoms with E-state index in [1.165, 1.54) is 51.4 Å². The third-order valence-electron chi connectivity index (χ3n) is 5.32. The number of carbonyl (C=O) groups excluding carboxylic acids is 1. The van der Waals surface area contributed by atoms with E-state index in [0.29, 0.717) is 0 Å². The maximum Gasteiger partial charge on any atom is 0.335 e. The van der Waals surface area contributed by atoms with Gasteiger partial charge in [0.15, 0.2) is 6.10 Å². The zero-order valence-electron chi connectivity index (χ0n) is 15.6. The van der Waals surface area contributed by atoms with Crippen LogP contribution in [0, 0.1) is 11.8 Å². The zero-order valence-corrected chi connectivity index (χ0v) is 15.6. The maximum absolute atomic E-state index is 12.0. The van der Waals surface area contributed by atoms with Gasteiger partial charge in [-0.3, -0.25) is 0 Å². The molecular formula is C20H36O3. The molecule has 0 aromatic rings. The first-order chi connectivity index (χ1) is 10.8. The molecule has 0 radical (unpaired) electrons. The summed E-state index contributed by atoms with van der Waals surface area (Å²) in [5, 5.41) is 0. The van der Waals surface area contributed by atoms with Gasteiger partial charge in [-0.25, -0.2) is 4.79 Å². The van der Waals surface area contributed by atoms with Crippen LogP contribution in [-0.4, -0.2) is 23.8 Å². The minimum atomic E-state index is -0.450. The molecule has 0 heterocycles. The van der Waals surface area contributed by atoms with E-state index in [0.717, 1.165) is 24.7 Å². The van der Waals surface area contributed by atoms with Crippen LogP contribution in [0.1, 0.15) is 91.9 Å². The Bertz CT molecular complexity index is 358. The second kappa shape index (κ2) is 8.50. The van der Waals surface area contributed by atoms with E-state index in [9.17, 15) is 4.79 Å². The minimum Gasteiger partial charge on any atom is -0.458 e. The maximum atomic E-state index is 12.0. The van der Waals surface area contributed by atoms with Gasteiger partial charge in [-0.2, -0.15) is 0 Å². The van der Waals surface area contributed by atoms with Crippen molar-refractivity contribution in [3.63, 3.8) is 0 Å². The molecule has 0 amide bonds. The lowest BCUT2D eigenvalue weighted by Crippen LogP contribution is -2.35. The van der Waals surface area contributed by atoms with E-state index in [-0.39, 0.29) is 12.1 Å². The second-order valence-electron chi connectivity index (χ2n) is 8.69. The molecule has 2 saturated carbocycles. The average molecular weight is 325 g/mol. The van der Waals surface area contributed by atoms with E-state index in [1.54, 1.807) is 0 Å². The van der Waals surface area contributed by atoms with Gasteiger partial charge in [0.2, 0.25) is 0 Å². The molecule has 2 rings (SSSR count). The van der Waals surface area contributed by atoms with Crippen LogP contribution < -0.4 is 0 Å². The van der Waals surface area contributed by atoms with Crippen molar-refractivity contribution in [3.8, 4) is 0 Å². The SMILES string of the molecule is CC(OC1CCC(CC2CCCCC2)CC1)C(=O)OC(C)(C)C. The highest BCUT2D eigenvalue weighted by atomic mass is 16.6. The molecule has 0 bridgehead atoms. The monoisotopic (exact) mass is 324 g/mol. The van der Waals surface area contributed by atoms with Crippen molar-refractivity contribution < 1.29 is 14.3 Å². The van der Waals surface area contributed by atoms with Crippen molar-refractivity contribution in [2.45, 2.75) is 110 Å². The van der Waals surface area contributed by atoms with Crippen LogP contribution in [-0.2, 0) is 14.3 Å². The van der Waals surface area contributed by atoms with E-state index in [1.807, 2.05) is 27.7 Å². The largest absolute Gasteiger partial charge is 0.458 e. The normalized spacial score (nSPS) is 28.3. The fourth-order valence-electron chi connectivity index (χ4n) is 4.13. The first-order valence-electron chi connectivity index (χ1n) is 9.72. The molecular weight excluding hydrogens is 288 g/mol. The van der Waals surface area contributed by atoms with Crippen molar-refractivity contribution in [3.05, 3.63) is 0 Å². The molecule has 1 atom stereocenters. The van der Waals surface area contributed by atoms with Gasteiger partial charge in [-0.05, 0) is 71.6 Å². The predicted octanol–water partition coefficient (Wildman–Crippen LogP) is 5.26. The van der Waals surface area contributed by atoms with Gasteiger partial charge < -0.3 is 9.47 Å². The lowest BCUT2D eigenvalue weighted by Gasteiger charge is -2.33. The number of hydrogen-bond acceptors (Lipinski definition) is 3. The topological polar surface area (TPSA) is 35.5 Å². The summed E-state index contributed by atoms with van der Waals surface area (Å²) < 4.78 is 11.4. The smallest absolute Gasteiger partial charge is 0.335 e. The van der Waals surface area contributed by atoms with Crippen LogP contribution in [0.5, 0.6) is 0 Å². The second-order valence-corrected chi connectivity index (χ2v) is 8.69. The molecule has 0 N–H and O–H groups in total. The fraction of sp³-hybridized carbons (Fsp3) is 0.950. The molecule has 2 aliphatic carbocycles. The summed E-state index contributed by atoms with van der Waals surface area (Å²) in [5.74, 6) is 1.63. The first kappa shape index (κ1) is 18.8. The molecule has 2 fully saturated rings. The average Bonchev–Trinajstić information content (AvgIpc) is 2.48. The molecule has 0 saturated heterocycles. The Morgan fingerprint density at radius 1 is 0.957 bits per heavy atom. The van der Waals surface area contributed by atoms with Gasteiger partial charge in [0.05, 0.1) is 6.10 Å². The number of ether oxygens (including phenoxy) is 2. The highest BCUT2D eigenvalue weighted by Crippen LogP contribution is 2.36. The Balaban J connectivity index is 1.66. The first-order valence-corrected chi connectivity index (χ1v) is 9.72. The van der Waals surface area contributed by atoms with Crippen molar-refractivity contribution in [2.75, 3.05) is 0 Å². The lowest BCUT2D eigenvalue weighted by molar-refractivity contribution is -0.172. The van der Waals surface area contributed by atoms with Crippen LogP contribution in [0.2, 0.25) is 0 Å². The summed E-state index contributed by atoms with van der Waals surface area (Å²) in [4.78, 5) is 12.0. The molecule has 23 heavy (non-hydrogen) atoms. The van der Waals surface area contributed by atoms with Crippen LogP contribution >= 0.6 is 0 Å².